The second-order valence-corrected chi connectivity index (χ2v) is 3.30. The monoisotopic (exact) mass is 284 g/mol. The summed E-state index contributed by atoms with van der Waals surface area (Å²) < 4.78 is 71.8. The first-order chi connectivity index (χ1) is 7.66. The van der Waals surface area contributed by atoms with E-state index in [2.05, 4.69) is 13.7 Å². The zero-order valence-electron chi connectivity index (χ0n) is 8.55. The molecule has 0 N–H and O–H groups in total. The fourth-order valence-electron chi connectivity index (χ4n) is 0.534. The number of carbonyl (C=O) groups is 1. The summed E-state index contributed by atoms with van der Waals surface area (Å²) in [6.07, 6.45) is -5.15. The van der Waals surface area contributed by atoms with Crippen molar-refractivity contribution in [3.8, 4) is 0 Å². The van der Waals surface area contributed by atoms with Crippen LogP contribution in [0.5, 0.6) is 0 Å². The highest BCUT2D eigenvalue weighted by atomic mass is 32.2. The third-order valence-corrected chi connectivity index (χ3v) is 1.50. The largest absolute Gasteiger partial charge is 0.508 e. The number of halogens is 5. The molecule has 0 atom stereocenters. The van der Waals surface area contributed by atoms with E-state index in [1.54, 1.807) is 0 Å². The quantitative estimate of drug-likeness (QED) is 0.426. The molecule has 0 spiro atoms. The molecule has 0 bridgehead atoms. The van der Waals surface area contributed by atoms with E-state index in [0.717, 1.165) is 0 Å². The minimum atomic E-state index is -4.73. The molecule has 0 saturated heterocycles. The van der Waals surface area contributed by atoms with Crippen LogP contribution in [-0.2, 0) is 13.7 Å². The summed E-state index contributed by atoms with van der Waals surface area (Å²) in [6.45, 7) is -4.33. The lowest BCUT2D eigenvalue weighted by molar-refractivity contribution is -0.168. The van der Waals surface area contributed by atoms with E-state index < -0.39 is 38.1 Å². The van der Waals surface area contributed by atoms with Crippen LogP contribution in [0, 0.1) is 0 Å². The van der Waals surface area contributed by atoms with Crippen molar-refractivity contribution in [2.45, 2.75) is 12.1 Å². The highest BCUT2D eigenvalue weighted by molar-refractivity contribution is 7.93. The summed E-state index contributed by atoms with van der Waals surface area (Å²) in [5, 5.41) is 0. The Kier molecular flexibility index (Phi) is 6.53. The Morgan fingerprint density at radius 2 is 1.59 bits per heavy atom. The van der Waals surface area contributed by atoms with Crippen LogP contribution >= 0.6 is 12.0 Å². The average molecular weight is 284 g/mol. The molecule has 0 aliphatic rings. The van der Waals surface area contributed by atoms with Gasteiger partial charge in [0.2, 0.25) is 0 Å². The van der Waals surface area contributed by atoms with E-state index in [1.165, 1.54) is 6.26 Å². The Labute approximate surface area is 97.6 Å². The number of hydrogen-bond donors (Lipinski definition) is 0. The zero-order valence-corrected chi connectivity index (χ0v) is 9.37. The lowest BCUT2D eigenvalue weighted by atomic mass is 10.4. The Morgan fingerprint density at radius 1 is 1.06 bits per heavy atom. The van der Waals surface area contributed by atoms with Crippen molar-refractivity contribution in [1.29, 1.82) is 0 Å². The van der Waals surface area contributed by atoms with Crippen molar-refractivity contribution >= 4 is 18.2 Å². The van der Waals surface area contributed by atoms with Crippen LogP contribution in [0.25, 0.3) is 0 Å². The molecule has 0 aliphatic carbocycles. The SMILES string of the molecule is CSOCC(F)(F)COC(=O)OCC(F)(F)F. The summed E-state index contributed by atoms with van der Waals surface area (Å²) in [6, 6.07) is 0. The van der Waals surface area contributed by atoms with Gasteiger partial charge in [0.05, 0.1) is 0 Å². The van der Waals surface area contributed by atoms with Crippen LogP contribution in [0.3, 0.4) is 0 Å². The minimum absolute atomic E-state index is 0.676. The Hall–Kier alpha value is -0.770. The van der Waals surface area contributed by atoms with E-state index in [0.29, 0.717) is 12.0 Å². The third-order valence-electron chi connectivity index (χ3n) is 1.14. The smallest absolute Gasteiger partial charge is 0.428 e. The molecule has 0 aromatic carbocycles. The van der Waals surface area contributed by atoms with Gasteiger partial charge in [-0.1, -0.05) is 0 Å². The van der Waals surface area contributed by atoms with Crippen molar-refractivity contribution in [1.82, 2.24) is 0 Å². The molecule has 4 nitrogen and oxygen atoms in total. The zero-order chi connectivity index (χ0) is 13.5. The summed E-state index contributed by atoms with van der Waals surface area (Å²) in [4.78, 5) is 10.5. The van der Waals surface area contributed by atoms with Gasteiger partial charge in [0.25, 0.3) is 0 Å². The van der Waals surface area contributed by atoms with Crippen molar-refractivity contribution in [2.24, 2.45) is 0 Å². The van der Waals surface area contributed by atoms with E-state index in [1.807, 2.05) is 0 Å². The Bertz CT molecular complexity index is 245. The second kappa shape index (κ2) is 6.84. The van der Waals surface area contributed by atoms with Gasteiger partial charge < -0.3 is 13.7 Å². The number of rotatable bonds is 6. The molecule has 0 saturated carbocycles. The summed E-state index contributed by atoms with van der Waals surface area (Å²) in [5.74, 6) is -3.49. The molecular formula is C7H9F5O4S. The molecule has 0 radical (unpaired) electrons. The Balaban J connectivity index is 3.83. The van der Waals surface area contributed by atoms with Gasteiger partial charge in [0.15, 0.2) is 13.2 Å². The van der Waals surface area contributed by atoms with Gasteiger partial charge in [-0.25, -0.2) is 13.6 Å². The summed E-state index contributed by atoms with van der Waals surface area (Å²) in [7, 11) is 0. The van der Waals surface area contributed by atoms with Gasteiger partial charge in [-0.05, 0) is 12.0 Å². The molecule has 0 aromatic rings. The highest BCUT2D eigenvalue weighted by Crippen LogP contribution is 2.18. The third kappa shape index (κ3) is 10.1. The van der Waals surface area contributed by atoms with Crippen molar-refractivity contribution in [2.75, 3.05) is 26.1 Å². The molecule has 102 valence electrons. The highest BCUT2D eigenvalue weighted by Gasteiger charge is 2.34. The number of hydrogen-bond acceptors (Lipinski definition) is 5. The van der Waals surface area contributed by atoms with Gasteiger partial charge in [0, 0.05) is 6.26 Å². The number of alkyl halides is 5. The number of ether oxygens (including phenoxy) is 2. The maximum atomic E-state index is 12.8. The van der Waals surface area contributed by atoms with E-state index in [-0.39, 0.29) is 0 Å². The van der Waals surface area contributed by atoms with Crippen LogP contribution in [0.4, 0.5) is 26.7 Å². The van der Waals surface area contributed by atoms with E-state index in [9.17, 15) is 26.7 Å². The first kappa shape index (κ1) is 16.2. The maximum absolute atomic E-state index is 12.8. The molecule has 0 fully saturated rings. The van der Waals surface area contributed by atoms with E-state index in [4.69, 9.17) is 0 Å². The number of carbonyl (C=O) groups excluding carboxylic acids is 1. The van der Waals surface area contributed by atoms with Gasteiger partial charge in [-0.15, -0.1) is 0 Å². The normalized spacial score (nSPS) is 12.4. The maximum Gasteiger partial charge on any atom is 0.508 e. The topological polar surface area (TPSA) is 44.8 Å². The van der Waals surface area contributed by atoms with Crippen LogP contribution in [0.1, 0.15) is 0 Å². The van der Waals surface area contributed by atoms with Crippen molar-refractivity contribution < 1.29 is 40.4 Å². The van der Waals surface area contributed by atoms with Crippen LogP contribution in [0.15, 0.2) is 0 Å². The lowest BCUT2D eigenvalue weighted by Crippen LogP contribution is -2.31. The fraction of sp³-hybridized carbons (Fsp3) is 0.857. The predicted octanol–water partition coefficient (Wildman–Crippen LogP) is 2.63. The average Bonchev–Trinajstić information content (AvgIpc) is 2.20. The molecule has 0 aromatic heterocycles. The first-order valence-corrected chi connectivity index (χ1v) is 5.21. The molecule has 0 heterocycles. The van der Waals surface area contributed by atoms with Crippen LogP contribution in [0.2, 0.25) is 0 Å². The first-order valence-electron chi connectivity index (χ1n) is 4.06. The predicted molar refractivity (Wildman–Crippen MR) is 47.8 cm³/mol. The Morgan fingerprint density at radius 3 is 2.06 bits per heavy atom. The van der Waals surface area contributed by atoms with Crippen molar-refractivity contribution in [3.05, 3.63) is 0 Å². The van der Waals surface area contributed by atoms with Gasteiger partial charge >= 0.3 is 18.3 Å². The van der Waals surface area contributed by atoms with Crippen LogP contribution in [-0.4, -0.2) is 44.3 Å². The van der Waals surface area contributed by atoms with Crippen molar-refractivity contribution in [3.63, 3.8) is 0 Å². The lowest BCUT2D eigenvalue weighted by Gasteiger charge is -2.15. The molecular weight excluding hydrogens is 275 g/mol. The minimum Gasteiger partial charge on any atom is -0.428 e. The molecule has 0 rings (SSSR count). The standard InChI is InChI=1S/C7H9F5O4S/c1-17-16-3-6(8,9)2-14-5(13)15-4-7(10,11)12/h2-4H2,1H3. The molecule has 0 unspecified atom stereocenters. The van der Waals surface area contributed by atoms with Gasteiger partial charge in [-0.2, -0.15) is 13.2 Å². The molecule has 0 aliphatic heterocycles. The van der Waals surface area contributed by atoms with E-state index >= 15 is 0 Å². The van der Waals surface area contributed by atoms with Gasteiger partial charge in [0.1, 0.15) is 6.61 Å². The molecule has 10 heteroatoms. The summed E-state index contributed by atoms with van der Waals surface area (Å²) in [5.41, 5.74) is 0. The van der Waals surface area contributed by atoms with Crippen LogP contribution < -0.4 is 0 Å². The second-order valence-electron chi connectivity index (χ2n) is 2.73. The summed E-state index contributed by atoms with van der Waals surface area (Å²) >= 11 is 0.676. The van der Waals surface area contributed by atoms with Gasteiger partial charge in [-0.3, -0.25) is 0 Å². The molecule has 17 heavy (non-hydrogen) atoms. The fourth-order valence-corrected chi connectivity index (χ4v) is 0.824. The molecule has 0 amide bonds.